The fourth-order valence-corrected chi connectivity index (χ4v) is 1.91. The number of pyridine rings is 1. The number of nitrogens with one attached hydrogen (secondary N) is 1. The van der Waals surface area contributed by atoms with Crippen LogP contribution in [-0.2, 0) is 0 Å². The first-order chi connectivity index (χ1) is 10.0. The number of rotatable bonds is 5. The molecule has 1 N–H and O–H groups in total. The van der Waals surface area contributed by atoms with E-state index in [-0.39, 0.29) is 11.8 Å². The van der Waals surface area contributed by atoms with E-state index in [9.17, 15) is 10.1 Å². The Morgan fingerprint density at radius 3 is 2.38 bits per heavy atom. The Hall–Kier alpha value is -2.63. The molecular weight excluding hydrogens is 270 g/mol. The maximum absolute atomic E-state index is 11.1. The van der Waals surface area contributed by atoms with Gasteiger partial charge in [-0.05, 0) is 44.2 Å². The number of aromatic nitrogens is 1. The summed E-state index contributed by atoms with van der Waals surface area (Å²) in [6.45, 7) is 3.88. The summed E-state index contributed by atoms with van der Waals surface area (Å²) in [5.41, 5.74) is 0.990. The van der Waals surface area contributed by atoms with E-state index < -0.39 is 4.92 Å². The van der Waals surface area contributed by atoms with Crippen molar-refractivity contribution in [1.29, 1.82) is 0 Å². The van der Waals surface area contributed by atoms with Crippen molar-refractivity contribution in [3.63, 3.8) is 0 Å². The maximum atomic E-state index is 11.1. The van der Waals surface area contributed by atoms with Crippen LogP contribution in [0.2, 0.25) is 0 Å². The van der Waals surface area contributed by atoms with Gasteiger partial charge in [-0.1, -0.05) is 0 Å². The van der Waals surface area contributed by atoms with Gasteiger partial charge in [0.05, 0.1) is 11.0 Å². The van der Waals surface area contributed by atoms with Gasteiger partial charge >= 0.3 is 0 Å². The van der Waals surface area contributed by atoms with Gasteiger partial charge in [-0.2, -0.15) is 0 Å². The van der Waals surface area contributed by atoms with Crippen molar-refractivity contribution in [1.82, 2.24) is 4.98 Å². The zero-order chi connectivity index (χ0) is 15.4. The van der Waals surface area contributed by atoms with Crippen molar-refractivity contribution in [2.75, 3.05) is 12.4 Å². The van der Waals surface area contributed by atoms with E-state index in [4.69, 9.17) is 4.74 Å². The second-order valence-corrected chi connectivity index (χ2v) is 4.76. The van der Waals surface area contributed by atoms with Gasteiger partial charge in [0, 0.05) is 18.7 Å². The number of hydrogen-bond acceptors (Lipinski definition) is 5. The summed E-state index contributed by atoms with van der Waals surface area (Å²) >= 11 is 0. The van der Waals surface area contributed by atoms with Crippen molar-refractivity contribution >= 4 is 11.5 Å². The molecule has 1 aromatic carbocycles. The second kappa shape index (κ2) is 6.21. The summed E-state index contributed by atoms with van der Waals surface area (Å²) in [5, 5.41) is 14.0. The van der Waals surface area contributed by atoms with E-state index in [1.807, 2.05) is 13.8 Å². The molecule has 2 rings (SSSR count). The monoisotopic (exact) mass is 287 g/mol. The third-order valence-electron chi connectivity index (χ3n) is 2.83. The van der Waals surface area contributed by atoms with E-state index in [2.05, 4.69) is 10.3 Å². The van der Waals surface area contributed by atoms with E-state index in [0.717, 1.165) is 5.75 Å². The average molecular weight is 287 g/mol. The highest BCUT2D eigenvalue weighted by molar-refractivity contribution is 5.71. The van der Waals surface area contributed by atoms with Crippen molar-refractivity contribution < 1.29 is 9.66 Å². The van der Waals surface area contributed by atoms with Crippen LogP contribution < -0.4 is 10.1 Å². The average Bonchev–Trinajstić information content (AvgIpc) is 2.46. The Kier molecular flexibility index (Phi) is 4.37. The standard InChI is InChI=1S/C15H17N3O3/c1-10(2)21-12-6-4-11(5-7-12)15-13(18(19)20)8-9-14(16-3)17-15/h4-10H,1-3H3,(H,16,17). The Morgan fingerprint density at radius 2 is 1.86 bits per heavy atom. The van der Waals surface area contributed by atoms with Crippen LogP contribution in [0, 0.1) is 10.1 Å². The lowest BCUT2D eigenvalue weighted by Gasteiger charge is -2.10. The van der Waals surface area contributed by atoms with E-state index in [0.29, 0.717) is 17.1 Å². The van der Waals surface area contributed by atoms with Crippen LogP contribution in [0.15, 0.2) is 36.4 Å². The van der Waals surface area contributed by atoms with E-state index in [1.54, 1.807) is 37.4 Å². The van der Waals surface area contributed by atoms with Crippen LogP contribution in [0.25, 0.3) is 11.3 Å². The molecule has 0 aliphatic heterocycles. The van der Waals surface area contributed by atoms with Crippen LogP contribution in [0.1, 0.15) is 13.8 Å². The summed E-state index contributed by atoms with van der Waals surface area (Å²) in [7, 11) is 1.72. The van der Waals surface area contributed by atoms with E-state index >= 15 is 0 Å². The third-order valence-corrected chi connectivity index (χ3v) is 2.83. The lowest BCUT2D eigenvalue weighted by molar-refractivity contribution is -0.384. The molecule has 0 spiro atoms. The van der Waals surface area contributed by atoms with Gasteiger partial charge in [0.15, 0.2) is 5.69 Å². The summed E-state index contributed by atoms with van der Waals surface area (Å²) in [6.07, 6.45) is 0.0796. The zero-order valence-corrected chi connectivity index (χ0v) is 12.2. The first-order valence-corrected chi connectivity index (χ1v) is 6.61. The predicted molar refractivity (Wildman–Crippen MR) is 81.6 cm³/mol. The predicted octanol–water partition coefficient (Wildman–Crippen LogP) is 3.49. The molecule has 1 heterocycles. The summed E-state index contributed by atoms with van der Waals surface area (Å²) < 4.78 is 5.56. The Labute approximate surface area is 122 Å². The zero-order valence-electron chi connectivity index (χ0n) is 12.2. The Morgan fingerprint density at radius 1 is 1.19 bits per heavy atom. The molecule has 1 aromatic heterocycles. The fraction of sp³-hybridized carbons (Fsp3) is 0.267. The fourth-order valence-electron chi connectivity index (χ4n) is 1.91. The molecule has 0 aliphatic rings. The topological polar surface area (TPSA) is 77.3 Å². The van der Waals surface area contributed by atoms with Crippen molar-refractivity contribution in [3.8, 4) is 17.0 Å². The largest absolute Gasteiger partial charge is 0.491 e. The number of ether oxygens (including phenoxy) is 1. The molecule has 110 valence electrons. The second-order valence-electron chi connectivity index (χ2n) is 4.76. The molecule has 0 saturated carbocycles. The highest BCUT2D eigenvalue weighted by atomic mass is 16.6. The number of benzene rings is 1. The Bertz CT molecular complexity index is 639. The van der Waals surface area contributed by atoms with Gasteiger partial charge in [-0.3, -0.25) is 10.1 Å². The molecule has 21 heavy (non-hydrogen) atoms. The Balaban J connectivity index is 2.42. The SMILES string of the molecule is CNc1ccc([N+](=O)[O-])c(-c2ccc(OC(C)C)cc2)n1. The van der Waals surface area contributed by atoms with Crippen molar-refractivity contribution in [3.05, 3.63) is 46.5 Å². The lowest BCUT2D eigenvalue weighted by Crippen LogP contribution is -2.05. The minimum Gasteiger partial charge on any atom is -0.491 e. The number of anilines is 1. The normalized spacial score (nSPS) is 10.5. The maximum Gasteiger partial charge on any atom is 0.295 e. The van der Waals surface area contributed by atoms with Gasteiger partial charge in [0.25, 0.3) is 5.69 Å². The third kappa shape index (κ3) is 3.47. The first kappa shape index (κ1) is 14.8. The van der Waals surface area contributed by atoms with Crippen molar-refractivity contribution in [2.45, 2.75) is 20.0 Å². The molecule has 0 atom stereocenters. The van der Waals surface area contributed by atoms with Crippen LogP contribution >= 0.6 is 0 Å². The summed E-state index contributed by atoms with van der Waals surface area (Å²) in [6, 6.07) is 10.1. The first-order valence-electron chi connectivity index (χ1n) is 6.61. The minimum absolute atomic E-state index is 0.0217. The van der Waals surface area contributed by atoms with Crippen LogP contribution in [0.5, 0.6) is 5.75 Å². The smallest absolute Gasteiger partial charge is 0.295 e. The van der Waals surface area contributed by atoms with Crippen LogP contribution in [0.4, 0.5) is 11.5 Å². The molecule has 0 radical (unpaired) electrons. The van der Waals surface area contributed by atoms with Gasteiger partial charge < -0.3 is 10.1 Å². The molecule has 0 bridgehead atoms. The number of hydrogen-bond donors (Lipinski definition) is 1. The molecule has 2 aromatic rings. The van der Waals surface area contributed by atoms with Crippen molar-refractivity contribution in [2.24, 2.45) is 0 Å². The van der Waals surface area contributed by atoms with Gasteiger partial charge in [-0.15, -0.1) is 0 Å². The van der Waals surface area contributed by atoms with E-state index in [1.165, 1.54) is 6.07 Å². The molecule has 0 unspecified atom stereocenters. The highest BCUT2D eigenvalue weighted by Gasteiger charge is 2.17. The van der Waals surface area contributed by atoms with Gasteiger partial charge in [-0.25, -0.2) is 4.98 Å². The summed E-state index contributed by atoms with van der Waals surface area (Å²) in [5.74, 6) is 1.30. The quantitative estimate of drug-likeness (QED) is 0.673. The molecular formula is C15H17N3O3. The molecule has 0 aliphatic carbocycles. The van der Waals surface area contributed by atoms with Crippen LogP contribution in [-0.4, -0.2) is 23.1 Å². The number of nitrogens with zero attached hydrogens (tertiary/aromatic N) is 2. The van der Waals surface area contributed by atoms with Gasteiger partial charge in [0.2, 0.25) is 0 Å². The van der Waals surface area contributed by atoms with Gasteiger partial charge in [0.1, 0.15) is 11.6 Å². The highest BCUT2D eigenvalue weighted by Crippen LogP contribution is 2.30. The minimum atomic E-state index is -0.430. The summed E-state index contributed by atoms with van der Waals surface area (Å²) in [4.78, 5) is 15.0. The lowest BCUT2D eigenvalue weighted by atomic mass is 10.1. The molecule has 0 amide bonds. The molecule has 0 fully saturated rings. The number of nitro groups is 1. The molecule has 0 saturated heterocycles. The molecule has 6 heteroatoms. The molecule has 6 nitrogen and oxygen atoms in total. The van der Waals surface area contributed by atoms with Crippen LogP contribution in [0.3, 0.4) is 0 Å².